The number of likely N-dealkylation sites (tertiary alicyclic amines) is 2. The molecule has 3 fully saturated rings. The van der Waals surface area contributed by atoms with Crippen LogP contribution in [0.2, 0.25) is 0 Å². The number of carbonyl (C=O) groups is 2. The van der Waals surface area contributed by atoms with Gasteiger partial charge in [-0.05, 0) is 81.6 Å². The fourth-order valence-corrected chi connectivity index (χ4v) is 6.25. The normalized spacial score (nSPS) is 21.2. The summed E-state index contributed by atoms with van der Waals surface area (Å²) >= 11 is 0. The van der Waals surface area contributed by atoms with Crippen LogP contribution in [0, 0.1) is 5.41 Å². The summed E-state index contributed by atoms with van der Waals surface area (Å²) in [6, 6.07) is 14.1. The molecule has 1 aromatic carbocycles. The lowest BCUT2D eigenvalue weighted by Crippen LogP contribution is -2.45. The second-order valence-electron chi connectivity index (χ2n) is 11.0. The maximum Gasteiger partial charge on any atom is 0.407 e. The lowest BCUT2D eigenvalue weighted by molar-refractivity contribution is -0.138. The second kappa shape index (κ2) is 12.1. The summed E-state index contributed by atoms with van der Waals surface area (Å²) in [6.07, 6.45) is 12.4. The Balaban J connectivity index is 1.13. The minimum absolute atomic E-state index is 0.0464. The summed E-state index contributed by atoms with van der Waals surface area (Å²) in [4.78, 5) is 34.7. The Morgan fingerprint density at radius 3 is 2.51 bits per heavy atom. The van der Waals surface area contributed by atoms with Crippen LogP contribution in [0.1, 0.15) is 75.0 Å². The highest BCUT2D eigenvalue weighted by Crippen LogP contribution is 2.42. The van der Waals surface area contributed by atoms with Crippen molar-refractivity contribution in [1.29, 1.82) is 0 Å². The van der Waals surface area contributed by atoms with E-state index in [9.17, 15) is 9.59 Å². The van der Waals surface area contributed by atoms with Gasteiger partial charge in [0.1, 0.15) is 6.10 Å². The minimum Gasteiger partial charge on any atom is -0.446 e. The number of amides is 2. The summed E-state index contributed by atoms with van der Waals surface area (Å²) in [5, 5.41) is 3.15. The molecule has 1 unspecified atom stereocenters. The molecule has 1 saturated carbocycles. The predicted molar refractivity (Wildman–Crippen MR) is 143 cm³/mol. The van der Waals surface area contributed by atoms with E-state index in [0.29, 0.717) is 12.5 Å². The molecule has 198 valence electrons. The van der Waals surface area contributed by atoms with Crippen molar-refractivity contribution in [1.82, 2.24) is 20.1 Å². The van der Waals surface area contributed by atoms with Gasteiger partial charge in [-0.1, -0.05) is 42.8 Å². The number of benzene rings is 1. The van der Waals surface area contributed by atoms with Crippen LogP contribution in [-0.4, -0.2) is 59.1 Å². The molecule has 5 rings (SSSR count). The third-order valence-electron chi connectivity index (χ3n) is 8.56. The molecule has 2 amide bonds. The van der Waals surface area contributed by atoms with Gasteiger partial charge in [-0.2, -0.15) is 0 Å². The van der Waals surface area contributed by atoms with Gasteiger partial charge in [0.25, 0.3) is 0 Å². The van der Waals surface area contributed by atoms with Gasteiger partial charge < -0.3 is 19.9 Å². The molecule has 2 aromatic rings. The first-order chi connectivity index (χ1) is 18.1. The first-order valence-electron chi connectivity index (χ1n) is 14.0. The molecule has 3 aliphatic rings. The molecule has 1 aromatic heterocycles. The van der Waals surface area contributed by atoms with Crippen molar-refractivity contribution >= 4 is 12.0 Å². The first kappa shape index (κ1) is 25.7. The Morgan fingerprint density at radius 1 is 1.03 bits per heavy atom. The van der Waals surface area contributed by atoms with E-state index in [0.717, 1.165) is 88.7 Å². The number of pyridine rings is 1. The number of aromatic nitrogens is 1. The number of nitrogens with one attached hydrogen (secondary N) is 1. The summed E-state index contributed by atoms with van der Waals surface area (Å²) in [6.45, 7) is 4.20. The maximum absolute atomic E-state index is 13.4. The number of alkyl carbamates (subject to hydrolysis) is 1. The van der Waals surface area contributed by atoms with Crippen molar-refractivity contribution in [2.24, 2.45) is 5.41 Å². The molecule has 37 heavy (non-hydrogen) atoms. The Kier molecular flexibility index (Phi) is 8.39. The van der Waals surface area contributed by atoms with Crippen molar-refractivity contribution in [2.75, 3.05) is 26.2 Å². The Morgan fingerprint density at radius 2 is 1.78 bits per heavy atom. The third-order valence-corrected chi connectivity index (χ3v) is 8.56. The number of rotatable bonds is 8. The van der Waals surface area contributed by atoms with Crippen molar-refractivity contribution in [2.45, 2.75) is 76.5 Å². The van der Waals surface area contributed by atoms with Crippen LogP contribution in [0.15, 0.2) is 54.9 Å². The molecule has 0 bridgehead atoms. The van der Waals surface area contributed by atoms with Crippen molar-refractivity contribution in [3.8, 4) is 0 Å². The zero-order valence-electron chi connectivity index (χ0n) is 21.8. The maximum atomic E-state index is 13.4. The molecule has 3 heterocycles. The van der Waals surface area contributed by atoms with E-state index in [1.165, 1.54) is 6.42 Å². The van der Waals surface area contributed by atoms with Gasteiger partial charge in [-0.3, -0.25) is 9.78 Å². The van der Waals surface area contributed by atoms with Gasteiger partial charge in [0.15, 0.2) is 0 Å². The van der Waals surface area contributed by atoms with E-state index in [2.05, 4.69) is 27.3 Å². The minimum atomic E-state index is -0.302. The summed E-state index contributed by atoms with van der Waals surface area (Å²) < 4.78 is 5.75. The number of hydrogen-bond acceptors (Lipinski definition) is 5. The number of piperidine rings is 1. The standard InChI is InChI=1S/C30H40N4O3/c35-28-30(16-21-34(28)23-24-8-7-17-31-22-24)14-19-33(20-15-30)18-13-27(25-9-3-1-4-10-25)32-29(36)37-26-11-5-2-6-12-26/h1,3-4,7-10,17,22,26-27H,2,5-6,11-16,18-21,23H2,(H,32,36). The largest absolute Gasteiger partial charge is 0.446 e. The van der Waals surface area contributed by atoms with E-state index in [4.69, 9.17) is 4.74 Å². The quantitative estimate of drug-likeness (QED) is 0.542. The number of carbonyl (C=O) groups excluding carboxylic acids is 2. The van der Waals surface area contributed by atoms with Crippen LogP contribution in [0.3, 0.4) is 0 Å². The highest BCUT2D eigenvalue weighted by Gasteiger charge is 2.47. The second-order valence-corrected chi connectivity index (χ2v) is 11.0. The lowest BCUT2D eigenvalue weighted by atomic mass is 9.77. The smallest absolute Gasteiger partial charge is 0.407 e. The first-order valence-corrected chi connectivity index (χ1v) is 14.0. The van der Waals surface area contributed by atoms with E-state index >= 15 is 0 Å². The Hall–Kier alpha value is -2.93. The van der Waals surface area contributed by atoms with Gasteiger partial charge in [0.2, 0.25) is 5.91 Å². The van der Waals surface area contributed by atoms with Crippen LogP contribution >= 0.6 is 0 Å². The van der Waals surface area contributed by atoms with Gasteiger partial charge in [-0.15, -0.1) is 0 Å². The van der Waals surface area contributed by atoms with Crippen molar-refractivity contribution < 1.29 is 14.3 Å². The highest BCUT2D eigenvalue weighted by atomic mass is 16.6. The predicted octanol–water partition coefficient (Wildman–Crippen LogP) is 5.09. The van der Waals surface area contributed by atoms with Gasteiger partial charge >= 0.3 is 6.09 Å². The van der Waals surface area contributed by atoms with Crippen LogP contribution < -0.4 is 5.32 Å². The third kappa shape index (κ3) is 6.50. The van der Waals surface area contributed by atoms with E-state index in [1.54, 1.807) is 6.20 Å². The van der Waals surface area contributed by atoms with E-state index in [-0.39, 0.29) is 23.7 Å². The van der Waals surface area contributed by atoms with Gasteiger partial charge in [0, 0.05) is 32.0 Å². The van der Waals surface area contributed by atoms with Crippen LogP contribution in [0.5, 0.6) is 0 Å². The molecule has 1 atom stereocenters. The Bertz CT molecular complexity index is 1020. The SMILES string of the molecule is O=C(NC(CCN1CCC2(CC1)CCN(Cc1cccnc1)C2=O)c1ccccc1)OC1CCCCC1. The lowest BCUT2D eigenvalue weighted by Gasteiger charge is -2.38. The summed E-state index contributed by atoms with van der Waals surface area (Å²) in [5.74, 6) is 0.310. The van der Waals surface area contributed by atoms with E-state index < -0.39 is 0 Å². The average Bonchev–Trinajstić information content (AvgIpc) is 3.23. The fourth-order valence-electron chi connectivity index (χ4n) is 6.25. The molecule has 7 heteroatoms. The molecule has 2 saturated heterocycles. The molecule has 0 radical (unpaired) electrons. The number of ether oxygens (including phenoxy) is 1. The van der Waals surface area contributed by atoms with Crippen LogP contribution in [0.4, 0.5) is 4.79 Å². The Labute approximate surface area is 220 Å². The zero-order valence-corrected chi connectivity index (χ0v) is 21.8. The van der Waals surface area contributed by atoms with Gasteiger partial charge in [-0.25, -0.2) is 4.79 Å². The van der Waals surface area contributed by atoms with Crippen LogP contribution in [-0.2, 0) is 16.1 Å². The molecule has 1 N–H and O–H groups in total. The summed E-state index contributed by atoms with van der Waals surface area (Å²) in [5.41, 5.74) is 1.99. The van der Waals surface area contributed by atoms with Crippen molar-refractivity contribution in [3.05, 3.63) is 66.0 Å². The molecule has 7 nitrogen and oxygen atoms in total. The molecular weight excluding hydrogens is 464 g/mol. The highest BCUT2D eigenvalue weighted by molar-refractivity contribution is 5.85. The number of hydrogen-bond donors (Lipinski definition) is 1. The fraction of sp³-hybridized carbons (Fsp3) is 0.567. The average molecular weight is 505 g/mol. The topological polar surface area (TPSA) is 74.8 Å². The monoisotopic (exact) mass is 504 g/mol. The number of nitrogens with zero attached hydrogens (tertiary/aromatic N) is 3. The van der Waals surface area contributed by atoms with Crippen molar-refractivity contribution in [3.63, 3.8) is 0 Å². The molecular formula is C30H40N4O3. The molecule has 2 aliphatic heterocycles. The van der Waals surface area contributed by atoms with Crippen LogP contribution in [0.25, 0.3) is 0 Å². The summed E-state index contributed by atoms with van der Waals surface area (Å²) in [7, 11) is 0. The zero-order chi connectivity index (χ0) is 25.5. The molecule has 1 aliphatic carbocycles. The van der Waals surface area contributed by atoms with Gasteiger partial charge in [0.05, 0.1) is 11.5 Å². The molecule has 1 spiro atoms. The van der Waals surface area contributed by atoms with E-state index in [1.807, 2.05) is 41.4 Å².